The van der Waals surface area contributed by atoms with E-state index in [1.165, 1.54) is 5.56 Å². The summed E-state index contributed by atoms with van der Waals surface area (Å²) in [7, 11) is 1.74. The number of thiocarbonyl (C=S) groups is 1. The lowest BCUT2D eigenvalue weighted by Gasteiger charge is -2.09. The highest BCUT2D eigenvalue weighted by Gasteiger charge is 2.01. The lowest BCUT2D eigenvalue weighted by Crippen LogP contribution is -2.28. The third-order valence-corrected chi connectivity index (χ3v) is 3.30. The molecule has 0 amide bonds. The van der Waals surface area contributed by atoms with Gasteiger partial charge in [0, 0.05) is 19.0 Å². The van der Waals surface area contributed by atoms with Gasteiger partial charge in [-0.25, -0.2) is 0 Å². The van der Waals surface area contributed by atoms with Crippen LogP contribution in [0.2, 0.25) is 0 Å². The van der Waals surface area contributed by atoms with Gasteiger partial charge in [0.1, 0.15) is 5.75 Å². The van der Waals surface area contributed by atoms with Crippen LogP contribution in [0.25, 0.3) is 0 Å². The summed E-state index contributed by atoms with van der Waals surface area (Å²) in [5.74, 6) is 0.805. The van der Waals surface area contributed by atoms with Gasteiger partial charge in [0.25, 0.3) is 0 Å². The van der Waals surface area contributed by atoms with Gasteiger partial charge < -0.3 is 10.1 Å². The van der Waals surface area contributed by atoms with Gasteiger partial charge in [0.15, 0.2) is 5.11 Å². The van der Waals surface area contributed by atoms with E-state index in [-0.39, 0.29) is 0 Å². The second kappa shape index (κ2) is 8.79. The predicted molar refractivity (Wildman–Crippen MR) is 94.5 cm³/mol. The van der Waals surface area contributed by atoms with Crippen molar-refractivity contribution in [3.8, 4) is 5.75 Å². The lowest BCUT2D eigenvalue weighted by molar-refractivity contribution is 0.321. The maximum Gasteiger partial charge on any atom is 0.186 e. The minimum atomic E-state index is 0.471. The van der Waals surface area contributed by atoms with Crippen molar-refractivity contribution in [2.75, 3.05) is 13.7 Å². The van der Waals surface area contributed by atoms with Gasteiger partial charge in [-0.1, -0.05) is 42.5 Å². The second-order valence-electron chi connectivity index (χ2n) is 4.57. The minimum Gasteiger partial charge on any atom is -0.493 e. The molecular weight excluding hydrogens is 294 g/mol. The van der Waals surface area contributed by atoms with Crippen molar-refractivity contribution >= 4 is 23.5 Å². The van der Waals surface area contributed by atoms with Crippen LogP contribution in [0.15, 0.2) is 59.7 Å². The van der Waals surface area contributed by atoms with Crippen LogP contribution in [0.4, 0.5) is 0 Å². The Labute approximate surface area is 136 Å². The number of para-hydroxylation sites is 1. The molecule has 22 heavy (non-hydrogen) atoms. The van der Waals surface area contributed by atoms with Gasteiger partial charge in [-0.3, -0.25) is 5.43 Å². The van der Waals surface area contributed by atoms with E-state index in [1.807, 2.05) is 42.5 Å². The largest absolute Gasteiger partial charge is 0.493 e. The van der Waals surface area contributed by atoms with Crippen LogP contribution in [-0.4, -0.2) is 25.0 Å². The highest BCUT2D eigenvalue weighted by Crippen LogP contribution is 2.16. The summed E-state index contributed by atoms with van der Waals surface area (Å²) in [6.45, 7) is 0.622. The summed E-state index contributed by atoms with van der Waals surface area (Å²) in [6, 6.07) is 18.0. The Morgan fingerprint density at radius 1 is 1.14 bits per heavy atom. The number of rotatable bonds is 6. The molecule has 0 saturated carbocycles. The molecule has 0 atom stereocenters. The van der Waals surface area contributed by atoms with E-state index in [4.69, 9.17) is 17.0 Å². The van der Waals surface area contributed by atoms with E-state index in [1.54, 1.807) is 13.3 Å². The van der Waals surface area contributed by atoms with Gasteiger partial charge in [-0.05, 0) is 29.9 Å². The summed E-state index contributed by atoms with van der Waals surface area (Å²) >= 11 is 4.96. The first kappa shape index (κ1) is 16.0. The van der Waals surface area contributed by atoms with Crippen LogP contribution in [0, 0.1) is 0 Å². The first-order chi connectivity index (χ1) is 10.8. The predicted octanol–water partition coefficient (Wildman–Crippen LogP) is 2.74. The molecule has 0 aromatic heterocycles. The molecule has 0 aliphatic rings. The Bertz CT molecular complexity index is 629. The zero-order valence-corrected chi connectivity index (χ0v) is 13.3. The number of hydrogen-bond acceptors (Lipinski definition) is 3. The Morgan fingerprint density at radius 2 is 1.86 bits per heavy atom. The Hall–Kier alpha value is -2.40. The molecule has 0 unspecified atom stereocenters. The van der Waals surface area contributed by atoms with Crippen molar-refractivity contribution in [1.29, 1.82) is 0 Å². The van der Waals surface area contributed by atoms with Gasteiger partial charge in [-0.2, -0.15) is 5.10 Å². The zero-order valence-electron chi connectivity index (χ0n) is 12.5. The molecule has 0 spiro atoms. The van der Waals surface area contributed by atoms with Crippen LogP contribution in [-0.2, 0) is 6.42 Å². The van der Waals surface area contributed by atoms with Crippen molar-refractivity contribution in [3.05, 3.63) is 65.7 Å². The van der Waals surface area contributed by atoms with Gasteiger partial charge >= 0.3 is 0 Å². The average Bonchev–Trinajstić information content (AvgIpc) is 2.57. The first-order valence-corrected chi connectivity index (χ1v) is 7.47. The summed E-state index contributed by atoms with van der Waals surface area (Å²) in [5, 5.41) is 7.35. The van der Waals surface area contributed by atoms with Crippen molar-refractivity contribution in [3.63, 3.8) is 0 Å². The minimum absolute atomic E-state index is 0.471. The van der Waals surface area contributed by atoms with Crippen LogP contribution < -0.4 is 15.5 Å². The normalized spacial score (nSPS) is 10.4. The summed E-state index contributed by atoms with van der Waals surface area (Å²) in [5.41, 5.74) is 4.89. The number of hydrazone groups is 1. The second-order valence-corrected chi connectivity index (χ2v) is 4.98. The van der Waals surface area contributed by atoms with Crippen LogP contribution in [0.3, 0.4) is 0 Å². The van der Waals surface area contributed by atoms with Gasteiger partial charge in [0.2, 0.25) is 0 Å². The first-order valence-electron chi connectivity index (χ1n) is 7.06. The molecule has 4 nitrogen and oxygen atoms in total. The third kappa shape index (κ3) is 5.18. The molecule has 0 radical (unpaired) electrons. The fourth-order valence-electron chi connectivity index (χ4n) is 1.86. The maximum atomic E-state index is 5.86. The Balaban J connectivity index is 1.92. The van der Waals surface area contributed by atoms with Crippen LogP contribution in [0.1, 0.15) is 11.1 Å². The van der Waals surface area contributed by atoms with Crippen molar-refractivity contribution in [1.82, 2.24) is 10.7 Å². The van der Waals surface area contributed by atoms with E-state index in [9.17, 15) is 0 Å². The number of nitrogens with one attached hydrogen (secondary N) is 2. The van der Waals surface area contributed by atoms with Crippen LogP contribution >= 0.6 is 12.2 Å². The quantitative estimate of drug-likeness (QED) is 0.489. The molecule has 0 aliphatic carbocycles. The molecule has 0 heterocycles. The number of benzene rings is 2. The number of ether oxygens (including phenoxy) is 1. The van der Waals surface area contributed by atoms with E-state index in [0.29, 0.717) is 11.7 Å². The standard InChI is InChI=1S/C17H19N3OS/c1-18-17(22)20-19-13-15-9-5-6-10-16(15)21-12-11-14-7-3-2-4-8-14/h2-10,13H,11-12H2,1H3,(H2,18,20,22)/b19-13+. The molecule has 5 heteroatoms. The van der Waals surface area contributed by atoms with Crippen molar-refractivity contribution in [2.24, 2.45) is 5.10 Å². The molecular formula is C17H19N3OS. The summed E-state index contributed by atoms with van der Waals surface area (Å²) in [6.07, 6.45) is 2.57. The fourth-order valence-corrected chi connectivity index (χ4v) is 1.91. The maximum absolute atomic E-state index is 5.86. The molecule has 0 aliphatic heterocycles. The topological polar surface area (TPSA) is 45.7 Å². The van der Waals surface area contributed by atoms with Gasteiger partial charge in [0.05, 0.1) is 12.8 Å². The lowest BCUT2D eigenvalue weighted by atomic mass is 10.2. The van der Waals surface area contributed by atoms with E-state index >= 15 is 0 Å². The van der Waals surface area contributed by atoms with E-state index in [2.05, 4.69) is 28.0 Å². The third-order valence-electron chi connectivity index (χ3n) is 3.01. The SMILES string of the molecule is CNC(=S)N/N=C/c1ccccc1OCCc1ccccc1. The molecule has 114 valence electrons. The smallest absolute Gasteiger partial charge is 0.186 e. The molecule has 2 rings (SSSR count). The number of nitrogens with zero attached hydrogens (tertiary/aromatic N) is 1. The molecule has 0 bridgehead atoms. The van der Waals surface area contributed by atoms with E-state index < -0.39 is 0 Å². The monoisotopic (exact) mass is 313 g/mol. The highest BCUT2D eigenvalue weighted by molar-refractivity contribution is 7.80. The molecule has 0 saturated heterocycles. The van der Waals surface area contributed by atoms with Gasteiger partial charge in [-0.15, -0.1) is 0 Å². The Kier molecular flexibility index (Phi) is 6.39. The van der Waals surface area contributed by atoms with Crippen LogP contribution in [0.5, 0.6) is 5.75 Å². The van der Waals surface area contributed by atoms with E-state index in [0.717, 1.165) is 17.7 Å². The average molecular weight is 313 g/mol. The summed E-state index contributed by atoms with van der Waals surface area (Å²) in [4.78, 5) is 0. The Morgan fingerprint density at radius 3 is 2.64 bits per heavy atom. The van der Waals surface area contributed by atoms with Crippen molar-refractivity contribution in [2.45, 2.75) is 6.42 Å². The molecule has 2 N–H and O–H groups in total. The molecule has 2 aromatic carbocycles. The highest BCUT2D eigenvalue weighted by atomic mass is 32.1. The fraction of sp³-hybridized carbons (Fsp3) is 0.176. The van der Waals surface area contributed by atoms with Crippen molar-refractivity contribution < 1.29 is 4.74 Å². The summed E-state index contributed by atoms with van der Waals surface area (Å²) < 4.78 is 5.86. The zero-order chi connectivity index (χ0) is 15.6. The number of hydrogen-bond donors (Lipinski definition) is 2. The molecule has 2 aromatic rings. The molecule has 0 fully saturated rings.